The average Bonchev–Trinajstić information content (AvgIpc) is 3.36. The lowest BCUT2D eigenvalue weighted by atomic mass is 10.3. The molecule has 3 heterocycles. The maximum Gasteiger partial charge on any atom is 0.270 e. The smallest absolute Gasteiger partial charge is 0.270 e. The van der Waals surface area contributed by atoms with Gasteiger partial charge in [-0.05, 0) is 12.1 Å². The third kappa shape index (κ3) is 3.29. The normalized spacial score (nSPS) is 14.5. The molecule has 2 aromatic carbocycles. The Morgan fingerprint density at radius 1 is 0.733 bits per heavy atom. The predicted molar refractivity (Wildman–Crippen MR) is 117 cm³/mol. The number of aromatic nitrogens is 2. The first kappa shape index (κ1) is 18.6. The fourth-order valence-corrected chi connectivity index (χ4v) is 5.49. The molecule has 30 heavy (non-hydrogen) atoms. The molecule has 4 aromatic rings. The summed E-state index contributed by atoms with van der Waals surface area (Å²) in [5, 5.41) is 23.7. The van der Waals surface area contributed by atoms with Crippen molar-refractivity contribution in [2.75, 3.05) is 36.0 Å². The molecule has 0 unspecified atom stereocenters. The van der Waals surface area contributed by atoms with Crippen molar-refractivity contribution in [1.29, 1.82) is 0 Å². The van der Waals surface area contributed by atoms with E-state index in [-0.39, 0.29) is 11.4 Å². The van der Waals surface area contributed by atoms with Gasteiger partial charge in [0.1, 0.15) is 0 Å². The number of non-ortho nitro benzene ring substituents is 2. The van der Waals surface area contributed by atoms with E-state index in [0.29, 0.717) is 0 Å². The molecule has 0 aliphatic carbocycles. The van der Waals surface area contributed by atoms with Gasteiger partial charge < -0.3 is 9.80 Å². The average molecular weight is 442 g/mol. The molecule has 1 aliphatic heterocycles. The van der Waals surface area contributed by atoms with Crippen LogP contribution in [0.3, 0.4) is 0 Å². The molecule has 152 valence electrons. The van der Waals surface area contributed by atoms with Crippen LogP contribution in [-0.4, -0.2) is 46.0 Å². The number of benzene rings is 2. The topological polar surface area (TPSA) is 119 Å². The van der Waals surface area contributed by atoms with Crippen LogP contribution in [0.5, 0.6) is 0 Å². The van der Waals surface area contributed by atoms with E-state index in [2.05, 4.69) is 19.8 Å². The second-order valence-electron chi connectivity index (χ2n) is 6.79. The number of nitro groups is 2. The van der Waals surface area contributed by atoms with E-state index in [1.54, 1.807) is 24.3 Å². The van der Waals surface area contributed by atoms with Gasteiger partial charge in [0.15, 0.2) is 10.3 Å². The highest BCUT2D eigenvalue weighted by molar-refractivity contribution is 7.22. The van der Waals surface area contributed by atoms with Gasteiger partial charge in [0.05, 0.1) is 30.3 Å². The van der Waals surface area contributed by atoms with E-state index in [9.17, 15) is 20.2 Å². The quantitative estimate of drug-likeness (QED) is 0.343. The van der Waals surface area contributed by atoms with E-state index < -0.39 is 9.85 Å². The highest BCUT2D eigenvalue weighted by atomic mass is 32.1. The lowest BCUT2D eigenvalue weighted by Crippen LogP contribution is -2.46. The van der Waals surface area contributed by atoms with E-state index in [1.165, 1.54) is 34.8 Å². The molecule has 0 bridgehead atoms. The van der Waals surface area contributed by atoms with Crippen molar-refractivity contribution in [3.63, 3.8) is 0 Å². The minimum Gasteiger partial charge on any atom is -0.345 e. The standard InChI is InChI=1S/C18H14N6O4S2/c25-23(26)11-1-3-13-15(9-11)29-17(19-13)21-5-7-22(8-6-21)18-20-14-4-2-12(24(27)28)10-16(14)30-18/h1-4,9-10H,5-8H2. The summed E-state index contributed by atoms with van der Waals surface area (Å²) in [7, 11) is 0. The monoisotopic (exact) mass is 442 g/mol. The summed E-state index contributed by atoms with van der Waals surface area (Å²) in [5.74, 6) is 0. The number of thiazole rings is 2. The Kier molecular flexibility index (Phi) is 4.44. The fourth-order valence-electron chi connectivity index (χ4n) is 3.39. The van der Waals surface area contributed by atoms with E-state index >= 15 is 0 Å². The summed E-state index contributed by atoms with van der Waals surface area (Å²) in [5.41, 5.74) is 1.66. The van der Waals surface area contributed by atoms with Gasteiger partial charge in [-0.15, -0.1) is 0 Å². The second kappa shape index (κ2) is 7.15. The summed E-state index contributed by atoms with van der Waals surface area (Å²) in [6.45, 7) is 2.99. The van der Waals surface area contributed by atoms with E-state index in [1.807, 2.05) is 0 Å². The molecule has 1 saturated heterocycles. The van der Waals surface area contributed by atoms with Gasteiger partial charge in [0.2, 0.25) is 0 Å². The number of anilines is 2. The van der Waals surface area contributed by atoms with Gasteiger partial charge in [-0.3, -0.25) is 20.2 Å². The number of nitrogens with zero attached hydrogens (tertiary/aromatic N) is 6. The Labute approximate surface area is 177 Å². The number of rotatable bonds is 4. The molecule has 0 spiro atoms. The third-order valence-corrected chi connectivity index (χ3v) is 7.12. The summed E-state index contributed by atoms with van der Waals surface area (Å²) in [6, 6.07) is 9.44. The Balaban J connectivity index is 1.32. The van der Waals surface area contributed by atoms with Crippen LogP contribution in [0.25, 0.3) is 20.4 Å². The number of hydrogen-bond donors (Lipinski definition) is 0. The second-order valence-corrected chi connectivity index (χ2v) is 8.80. The van der Waals surface area contributed by atoms with Crippen LogP contribution in [0.1, 0.15) is 0 Å². The molecule has 5 rings (SSSR count). The molecule has 1 fully saturated rings. The highest BCUT2D eigenvalue weighted by Gasteiger charge is 2.23. The predicted octanol–water partition coefficient (Wildman–Crippen LogP) is 4.05. The zero-order valence-electron chi connectivity index (χ0n) is 15.4. The molecular weight excluding hydrogens is 428 g/mol. The molecule has 10 nitrogen and oxygen atoms in total. The molecule has 0 atom stereocenters. The maximum atomic E-state index is 11.0. The van der Waals surface area contributed by atoms with Gasteiger partial charge in [-0.1, -0.05) is 22.7 Å². The zero-order chi connectivity index (χ0) is 20.8. The van der Waals surface area contributed by atoms with Crippen molar-refractivity contribution >= 4 is 64.7 Å². The van der Waals surface area contributed by atoms with Crippen LogP contribution in [0.2, 0.25) is 0 Å². The number of nitro benzene ring substituents is 2. The Morgan fingerprint density at radius 2 is 1.13 bits per heavy atom. The number of hydrogen-bond acceptors (Lipinski definition) is 10. The molecule has 0 radical (unpaired) electrons. The lowest BCUT2D eigenvalue weighted by molar-refractivity contribution is -0.384. The number of fused-ring (bicyclic) bond motifs is 2. The Morgan fingerprint density at radius 3 is 1.50 bits per heavy atom. The summed E-state index contributed by atoms with van der Waals surface area (Å²) < 4.78 is 1.60. The van der Waals surface area contributed by atoms with Crippen LogP contribution < -0.4 is 9.80 Å². The molecule has 12 heteroatoms. The Bertz CT molecular complexity index is 1190. The van der Waals surface area contributed by atoms with Crippen LogP contribution in [0, 0.1) is 20.2 Å². The van der Waals surface area contributed by atoms with E-state index in [4.69, 9.17) is 0 Å². The van der Waals surface area contributed by atoms with E-state index in [0.717, 1.165) is 56.9 Å². The molecule has 1 aliphatic rings. The van der Waals surface area contributed by atoms with Gasteiger partial charge in [-0.2, -0.15) is 0 Å². The first-order chi connectivity index (χ1) is 14.5. The first-order valence-electron chi connectivity index (χ1n) is 9.08. The van der Waals surface area contributed by atoms with Crippen molar-refractivity contribution in [2.45, 2.75) is 0 Å². The molecule has 0 saturated carbocycles. The summed E-state index contributed by atoms with van der Waals surface area (Å²) >= 11 is 2.91. The van der Waals surface area contributed by atoms with Crippen molar-refractivity contribution in [3.8, 4) is 0 Å². The number of piperazine rings is 1. The van der Waals surface area contributed by atoms with Crippen LogP contribution in [0.4, 0.5) is 21.6 Å². The van der Waals surface area contributed by atoms with Crippen LogP contribution in [0.15, 0.2) is 36.4 Å². The van der Waals surface area contributed by atoms with Crippen LogP contribution in [-0.2, 0) is 0 Å². The van der Waals surface area contributed by atoms with Crippen molar-refractivity contribution in [1.82, 2.24) is 9.97 Å². The third-order valence-electron chi connectivity index (χ3n) is 4.96. The minimum atomic E-state index is -0.399. The Hall–Kier alpha value is -3.38. The fraction of sp³-hybridized carbons (Fsp3) is 0.222. The summed E-state index contributed by atoms with van der Waals surface area (Å²) in [4.78, 5) is 34.7. The van der Waals surface area contributed by atoms with Gasteiger partial charge >= 0.3 is 0 Å². The maximum absolute atomic E-state index is 11.0. The molecule has 2 aromatic heterocycles. The van der Waals surface area contributed by atoms with Crippen molar-refractivity contribution in [3.05, 3.63) is 56.6 Å². The van der Waals surface area contributed by atoms with Crippen LogP contribution >= 0.6 is 22.7 Å². The molecule has 0 amide bonds. The molecule has 0 N–H and O–H groups in total. The van der Waals surface area contributed by atoms with Gasteiger partial charge in [0.25, 0.3) is 11.4 Å². The summed E-state index contributed by atoms with van der Waals surface area (Å²) in [6.07, 6.45) is 0. The van der Waals surface area contributed by atoms with Crippen molar-refractivity contribution in [2.24, 2.45) is 0 Å². The largest absolute Gasteiger partial charge is 0.345 e. The van der Waals surface area contributed by atoms with Crippen molar-refractivity contribution < 1.29 is 9.85 Å². The SMILES string of the molecule is O=[N+]([O-])c1ccc2nc(N3CCN(c4nc5ccc([N+](=O)[O-])cc5s4)CC3)sc2c1. The van der Waals surface area contributed by atoms with Gasteiger partial charge in [0, 0.05) is 50.4 Å². The molecular formula is C18H14N6O4S2. The highest BCUT2D eigenvalue weighted by Crippen LogP contribution is 2.34. The lowest BCUT2D eigenvalue weighted by Gasteiger charge is -2.34. The zero-order valence-corrected chi connectivity index (χ0v) is 17.1. The first-order valence-corrected chi connectivity index (χ1v) is 10.7. The minimum absolute atomic E-state index is 0.0681. The van der Waals surface area contributed by atoms with Gasteiger partial charge in [-0.25, -0.2) is 9.97 Å².